The molecule has 43 heavy (non-hydrogen) atoms. The summed E-state index contributed by atoms with van der Waals surface area (Å²) in [5, 5.41) is 0. The molecule has 3 aromatic carbocycles. The summed E-state index contributed by atoms with van der Waals surface area (Å²) in [5.74, 6) is -3.54. The molecule has 0 aliphatic rings. The van der Waals surface area contributed by atoms with E-state index in [4.69, 9.17) is 18.9 Å². The van der Waals surface area contributed by atoms with Crippen molar-refractivity contribution in [1.29, 1.82) is 0 Å². The smallest absolute Gasteiger partial charge is 0.338 e. The molecule has 0 aliphatic carbocycles. The Hall–Kier alpha value is -5.57. The Balaban J connectivity index is 2.09. The van der Waals surface area contributed by atoms with Gasteiger partial charge < -0.3 is 18.9 Å². The highest BCUT2D eigenvalue weighted by Gasteiger charge is 2.20. The minimum absolute atomic E-state index is 0.00748. The minimum Gasteiger partial charge on any atom is -0.423 e. The van der Waals surface area contributed by atoms with E-state index in [1.165, 1.54) is 76.2 Å². The molecular formula is C34H29FO8. The number of rotatable bonds is 10. The molecule has 0 aliphatic heterocycles. The Morgan fingerprint density at radius 2 is 0.884 bits per heavy atom. The summed E-state index contributed by atoms with van der Waals surface area (Å²) < 4.78 is 37.1. The van der Waals surface area contributed by atoms with Crippen LogP contribution in [0.25, 0.3) is 22.3 Å². The molecule has 0 fully saturated rings. The third kappa shape index (κ3) is 8.01. The lowest BCUT2D eigenvalue weighted by atomic mass is 9.98. The summed E-state index contributed by atoms with van der Waals surface area (Å²) in [7, 11) is 0. The van der Waals surface area contributed by atoms with Crippen molar-refractivity contribution in [2.75, 3.05) is 0 Å². The molecule has 8 nitrogen and oxygen atoms in total. The highest BCUT2D eigenvalue weighted by molar-refractivity contribution is 5.93. The highest BCUT2D eigenvalue weighted by Crippen LogP contribution is 2.39. The summed E-state index contributed by atoms with van der Waals surface area (Å²) in [4.78, 5) is 48.7. The molecule has 0 amide bonds. The summed E-state index contributed by atoms with van der Waals surface area (Å²) in [6.45, 7) is 20.1. The van der Waals surface area contributed by atoms with E-state index in [-0.39, 0.29) is 56.4 Å². The number of carbonyl (C=O) groups is 4. The largest absolute Gasteiger partial charge is 0.423 e. The maximum atomic E-state index is 15.7. The summed E-state index contributed by atoms with van der Waals surface area (Å²) in [6.07, 6.45) is 0. The van der Waals surface area contributed by atoms with Crippen LogP contribution in [0.15, 0.2) is 103 Å². The van der Waals surface area contributed by atoms with Crippen LogP contribution in [0.4, 0.5) is 4.39 Å². The fourth-order valence-electron chi connectivity index (χ4n) is 3.43. The Morgan fingerprint density at radius 1 is 0.512 bits per heavy atom. The molecule has 0 bridgehead atoms. The van der Waals surface area contributed by atoms with Gasteiger partial charge in [0.05, 0.1) is 0 Å². The molecule has 0 saturated carbocycles. The molecule has 0 saturated heterocycles. The maximum absolute atomic E-state index is 15.7. The van der Waals surface area contributed by atoms with Gasteiger partial charge in [-0.3, -0.25) is 0 Å². The number of esters is 4. The molecule has 0 unspecified atom stereocenters. The van der Waals surface area contributed by atoms with E-state index in [0.29, 0.717) is 11.1 Å². The van der Waals surface area contributed by atoms with Crippen molar-refractivity contribution in [3.8, 4) is 45.3 Å². The molecule has 3 rings (SSSR count). The zero-order valence-corrected chi connectivity index (χ0v) is 24.2. The number of halogens is 1. The highest BCUT2D eigenvalue weighted by atomic mass is 19.1. The fourth-order valence-corrected chi connectivity index (χ4v) is 3.43. The van der Waals surface area contributed by atoms with Crippen molar-refractivity contribution < 1.29 is 42.5 Å². The van der Waals surface area contributed by atoms with Crippen molar-refractivity contribution in [3.63, 3.8) is 0 Å². The number of hydrogen-bond donors (Lipinski definition) is 0. The zero-order valence-electron chi connectivity index (χ0n) is 24.2. The third-order valence-electron chi connectivity index (χ3n) is 5.70. The molecule has 0 heterocycles. The van der Waals surface area contributed by atoms with Crippen molar-refractivity contribution in [1.82, 2.24) is 0 Å². The summed E-state index contributed by atoms with van der Waals surface area (Å²) in [6, 6.07) is 12.6. The monoisotopic (exact) mass is 584 g/mol. The van der Waals surface area contributed by atoms with Gasteiger partial charge in [0.25, 0.3) is 0 Å². The van der Waals surface area contributed by atoms with Gasteiger partial charge in [0, 0.05) is 51.1 Å². The lowest BCUT2D eigenvalue weighted by molar-refractivity contribution is -0.131. The van der Waals surface area contributed by atoms with E-state index in [2.05, 4.69) is 26.3 Å². The molecule has 0 atom stereocenters. The van der Waals surface area contributed by atoms with Crippen molar-refractivity contribution in [2.24, 2.45) is 0 Å². The molecule has 0 radical (unpaired) electrons. The summed E-state index contributed by atoms with van der Waals surface area (Å²) in [5.41, 5.74) is 1.40. The molecule has 0 N–H and O–H groups in total. The predicted octanol–water partition coefficient (Wildman–Crippen LogP) is 7.09. The van der Waals surface area contributed by atoms with Crippen LogP contribution < -0.4 is 18.9 Å². The Kier molecular flexibility index (Phi) is 9.95. The van der Waals surface area contributed by atoms with Crippen LogP contribution in [0.2, 0.25) is 0 Å². The second-order valence-electron chi connectivity index (χ2n) is 9.69. The molecule has 9 heteroatoms. The number of benzene rings is 3. The molecular weight excluding hydrogens is 555 g/mol. The number of ether oxygens (including phenoxy) is 4. The average Bonchev–Trinajstić information content (AvgIpc) is 2.93. The van der Waals surface area contributed by atoms with Crippen LogP contribution >= 0.6 is 0 Å². The molecule has 220 valence electrons. The second kappa shape index (κ2) is 13.4. The van der Waals surface area contributed by atoms with Crippen molar-refractivity contribution >= 4 is 23.9 Å². The van der Waals surface area contributed by atoms with Gasteiger partial charge in [-0.15, -0.1) is 0 Å². The SMILES string of the molecule is C=C(C)C(=O)Oc1ccc(-c2ccc(-c3ccc(OC(=O)C(=C)C)cc3OC(=O)C(=C)C)c(F)c2)c(OC(=O)C(=C)C)c1. The van der Waals surface area contributed by atoms with Crippen LogP contribution in [0, 0.1) is 5.82 Å². The fraction of sp³-hybridized carbons (Fsp3) is 0.118. The van der Waals surface area contributed by atoms with E-state index in [9.17, 15) is 19.2 Å². The lowest BCUT2D eigenvalue weighted by Gasteiger charge is -2.15. The lowest BCUT2D eigenvalue weighted by Crippen LogP contribution is -2.11. The van der Waals surface area contributed by atoms with Gasteiger partial charge in [0.15, 0.2) is 0 Å². The topological polar surface area (TPSA) is 105 Å². The molecule has 0 spiro atoms. The Labute approximate surface area is 248 Å². The van der Waals surface area contributed by atoms with Crippen molar-refractivity contribution in [2.45, 2.75) is 27.7 Å². The van der Waals surface area contributed by atoms with Gasteiger partial charge in [0.1, 0.15) is 28.8 Å². The standard InChI is InChI=1S/C34H29FO8/c1-18(2)31(36)40-23-10-13-25(29(16-23)42-33(38)20(5)6)22-9-12-26(28(35)15-22)27-14-11-24(41-32(37)19(3)4)17-30(27)43-34(39)21(7)8/h9-17H,1,3,5,7H2,2,4,6,8H3. The normalized spacial score (nSPS) is 10.3. The first-order valence-corrected chi connectivity index (χ1v) is 12.8. The predicted molar refractivity (Wildman–Crippen MR) is 159 cm³/mol. The van der Waals surface area contributed by atoms with Crippen LogP contribution in [0.3, 0.4) is 0 Å². The number of carbonyl (C=O) groups excluding carboxylic acids is 4. The van der Waals surface area contributed by atoms with Gasteiger partial charge in [0.2, 0.25) is 0 Å². The van der Waals surface area contributed by atoms with Crippen LogP contribution in [0.5, 0.6) is 23.0 Å². The Morgan fingerprint density at radius 3 is 1.30 bits per heavy atom. The van der Waals surface area contributed by atoms with Gasteiger partial charge in [-0.1, -0.05) is 38.4 Å². The third-order valence-corrected chi connectivity index (χ3v) is 5.70. The number of hydrogen-bond acceptors (Lipinski definition) is 8. The van der Waals surface area contributed by atoms with Crippen LogP contribution in [-0.2, 0) is 19.2 Å². The van der Waals surface area contributed by atoms with E-state index in [1.54, 1.807) is 6.07 Å². The van der Waals surface area contributed by atoms with E-state index >= 15 is 4.39 Å². The minimum atomic E-state index is -0.766. The second-order valence-corrected chi connectivity index (χ2v) is 9.69. The zero-order chi connectivity index (χ0) is 32.0. The van der Waals surface area contributed by atoms with Crippen molar-refractivity contribution in [3.05, 3.63) is 109 Å². The van der Waals surface area contributed by atoms with Gasteiger partial charge in [-0.05, 0) is 63.6 Å². The first kappa shape index (κ1) is 32.0. The van der Waals surface area contributed by atoms with Gasteiger partial charge in [-0.25, -0.2) is 23.6 Å². The first-order chi connectivity index (χ1) is 20.2. The summed E-state index contributed by atoms with van der Waals surface area (Å²) >= 11 is 0. The van der Waals surface area contributed by atoms with E-state index < -0.39 is 29.7 Å². The van der Waals surface area contributed by atoms with E-state index in [0.717, 1.165) is 0 Å². The molecule has 3 aromatic rings. The van der Waals surface area contributed by atoms with Gasteiger partial charge >= 0.3 is 23.9 Å². The van der Waals surface area contributed by atoms with E-state index in [1.807, 2.05) is 0 Å². The molecule has 0 aromatic heterocycles. The Bertz CT molecular complexity index is 1710. The van der Waals surface area contributed by atoms with Crippen LogP contribution in [-0.4, -0.2) is 23.9 Å². The average molecular weight is 585 g/mol. The van der Waals surface area contributed by atoms with Gasteiger partial charge in [-0.2, -0.15) is 0 Å². The first-order valence-electron chi connectivity index (χ1n) is 12.8. The quantitative estimate of drug-likeness (QED) is 0.141. The van der Waals surface area contributed by atoms with Crippen LogP contribution in [0.1, 0.15) is 27.7 Å². The maximum Gasteiger partial charge on any atom is 0.338 e.